The van der Waals surface area contributed by atoms with Crippen molar-refractivity contribution in [1.82, 2.24) is 9.88 Å². The molecule has 0 N–H and O–H groups in total. The van der Waals surface area contributed by atoms with Crippen LogP contribution in [0.1, 0.15) is 29.0 Å². The van der Waals surface area contributed by atoms with Crippen LogP contribution >= 0.6 is 0 Å². The van der Waals surface area contributed by atoms with Crippen molar-refractivity contribution in [3.63, 3.8) is 0 Å². The van der Waals surface area contributed by atoms with E-state index in [4.69, 9.17) is 28.3 Å². The molecule has 0 radical (unpaired) electrons. The largest absolute Gasteiger partial charge is 0.497 e. The third kappa shape index (κ3) is 5.24. The summed E-state index contributed by atoms with van der Waals surface area (Å²) in [5.74, 6) is 2.03. The Morgan fingerprint density at radius 2 is 1.86 bits per heavy atom. The summed E-state index contributed by atoms with van der Waals surface area (Å²) in [6.07, 6.45) is 3.40. The average molecular weight is 503 g/mol. The highest BCUT2D eigenvalue weighted by Gasteiger charge is 2.26. The Balaban J connectivity index is 1.62. The minimum Gasteiger partial charge on any atom is -0.497 e. The molecule has 2 aromatic heterocycles. The molecule has 8 nitrogen and oxygen atoms in total. The Bertz CT molecular complexity index is 1380. The highest BCUT2D eigenvalue weighted by Crippen LogP contribution is 2.35. The van der Waals surface area contributed by atoms with E-state index in [2.05, 4.69) is 6.07 Å². The van der Waals surface area contributed by atoms with Crippen LogP contribution in [-0.2, 0) is 11.3 Å². The molecule has 1 unspecified atom stereocenters. The van der Waals surface area contributed by atoms with Crippen molar-refractivity contribution >= 4 is 16.8 Å². The molecular formula is C29H30N2O6. The second-order valence-electron chi connectivity index (χ2n) is 8.93. The number of pyridine rings is 1. The Hall–Kier alpha value is -4.04. The Labute approximate surface area is 215 Å². The van der Waals surface area contributed by atoms with Gasteiger partial charge in [0.2, 0.25) is 0 Å². The zero-order valence-electron chi connectivity index (χ0n) is 21.2. The summed E-state index contributed by atoms with van der Waals surface area (Å²) in [4.78, 5) is 20.3. The number of nitrogens with zero attached hydrogens (tertiary/aromatic N) is 2. The number of amides is 1. The average Bonchev–Trinajstić information content (AvgIpc) is 3.66. The molecule has 1 atom stereocenters. The van der Waals surface area contributed by atoms with Gasteiger partial charge < -0.3 is 28.3 Å². The van der Waals surface area contributed by atoms with Gasteiger partial charge in [0.1, 0.15) is 5.75 Å². The molecule has 8 heteroatoms. The van der Waals surface area contributed by atoms with Crippen molar-refractivity contribution in [1.29, 1.82) is 0 Å². The number of carbonyl (C=O) groups excluding carboxylic acids is 1. The van der Waals surface area contributed by atoms with Gasteiger partial charge in [0.25, 0.3) is 5.91 Å². The molecule has 2 aromatic carbocycles. The van der Waals surface area contributed by atoms with E-state index in [1.807, 2.05) is 36.4 Å². The van der Waals surface area contributed by atoms with Crippen LogP contribution in [0.25, 0.3) is 22.2 Å². The van der Waals surface area contributed by atoms with Crippen molar-refractivity contribution in [3.05, 3.63) is 72.2 Å². The monoisotopic (exact) mass is 502 g/mol. The van der Waals surface area contributed by atoms with Crippen LogP contribution in [-0.4, -0.2) is 56.4 Å². The van der Waals surface area contributed by atoms with E-state index in [0.717, 1.165) is 46.3 Å². The lowest BCUT2D eigenvalue weighted by atomic mass is 10.0. The third-order valence-electron chi connectivity index (χ3n) is 6.57. The highest BCUT2D eigenvalue weighted by atomic mass is 16.5. The van der Waals surface area contributed by atoms with Gasteiger partial charge in [0.15, 0.2) is 17.3 Å². The molecule has 1 saturated heterocycles. The second-order valence-corrected chi connectivity index (χ2v) is 8.93. The summed E-state index contributed by atoms with van der Waals surface area (Å²) in [6.45, 7) is 1.49. The topological polar surface area (TPSA) is 83.3 Å². The predicted octanol–water partition coefficient (Wildman–Crippen LogP) is 5.34. The molecule has 4 aromatic rings. The molecule has 3 heterocycles. The zero-order valence-corrected chi connectivity index (χ0v) is 21.2. The van der Waals surface area contributed by atoms with Gasteiger partial charge in [-0.15, -0.1) is 0 Å². The third-order valence-corrected chi connectivity index (χ3v) is 6.57. The first-order chi connectivity index (χ1) is 18.1. The minimum absolute atomic E-state index is 0.0167. The molecule has 0 bridgehead atoms. The molecular weight excluding hydrogens is 472 g/mol. The van der Waals surface area contributed by atoms with E-state index >= 15 is 0 Å². The number of rotatable bonds is 9. The van der Waals surface area contributed by atoms with Gasteiger partial charge in [-0.2, -0.15) is 0 Å². The van der Waals surface area contributed by atoms with Crippen molar-refractivity contribution in [2.24, 2.45) is 0 Å². The number of hydrogen-bond donors (Lipinski definition) is 0. The molecule has 192 valence electrons. The van der Waals surface area contributed by atoms with E-state index in [0.29, 0.717) is 37.0 Å². The predicted molar refractivity (Wildman–Crippen MR) is 139 cm³/mol. The molecule has 37 heavy (non-hydrogen) atoms. The quantitative estimate of drug-likeness (QED) is 0.305. The number of fused-ring (bicyclic) bond motifs is 1. The lowest BCUT2D eigenvalue weighted by Crippen LogP contribution is -2.37. The van der Waals surface area contributed by atoms with Crippen LogP contribution in [0.15, 0.2) is 65.3 Å². The number of aromatic nitrogens is 1. The lowest BCUT2D eigenvalue weighted by molar-refractivity contribution is 0.0484. The zero-order chi connectivity index (χ0) is 25.8. The van der Waals surface area contributed by atoms with E-state index in [1.165, 1.54) is 6.26 Å². The van der Waals surface area contributed by atoms with Gasteiger partial charge in [0.05, 0.1) is 44.9 Å². The van der Waals surface area contributed by atoms with Gasteiger partial charge >= 0.3 is 0 Å². The fraction of sp³-hybridized carbons (Fsp3) is 0.310. The fourth-order valence-electron chi connectivity index (χ4n) is 4.70. The molecule has 5 rings (SSSR count). The first-order valence-electron chi connectivity index (χ1n) is 12.2. The number of carbonyl (C=O) groups is 1. The summed E-state index contributed by atoms with van der Waals surface area (Å²) >= 11 is 0. The van der Waals surface area contributed by atoms with Gasteiger partial charge in [-0.3, -0.25) is 4.79 Å². The van der Waals surface area contributed by atoms with Crippen LogP contribution < -0.4 is 14.2 Å². The van der Waals surface area contributed by atoms with Crippen molar-refractivity contribution in [2.45, 2.75) is 25.5 Å². The molecule has 1 amide bonds. The van der Waals surface area contributed by atoms with Crippen LogP contribution in [0, 0.1) is 0 Å². The van der Waals surface area contributed by atoms with Crippen LogP contribution in [0.2, 0.25) is 0 Å². The first-order valence-corrected chi connectivity index (χ1v) is 12.2. The van der Waals surface area contributed by atoms with Gasteiger partial charge in [0, 0.05) is 36.7 Å². The first kappa shape index (κ1) is 24.6. The standard InChI is InChI=1S/C29H30N2O6/c1-33-22-8-4-7-19(14-22)28-21(13-20-15-26(34-2)27(35-3)16-24(20)30-28)17-31(18-23-9-5-11-36-23)29(32)25-10-6-12-37-25/h4,6-8,10,12-16,23H,5,9,11,17-18H2,1-3H3. The molecule has 1 aliphatic rings. The smallest absolute Gasteiger partial charge is 0.289 e. The van der Waals surface area contributed by atoms with Crippen LogP contribution in [0.3, 0.4) is 0 Å². The minimum atomic E-state index is -0.190. The van der Waals surface area contributed by atoms with Crippen molar-refractivity contribution < 1.29 is 28.2 Å². The van der Waals surface area contributed by atoms with E-state index in [-0.39, 0.29) is 12.0 Å². The van der Waals surface area contributed by atoms with Crippen molar-refractivity contribution in [3.8, 4) is 28.5 Å². The fourth-order valence-corrected chi connectivity index (χ4v) is 4.70. The van der Waals surface area contributed by atoms with Gasteiger partial charge in [-0.25, -0.2) is 4.98 Å². The summed E-state index contributed by atoms with van der Waals surface area (Å²) in [5, 5.41) is 0.877. The number of ether oxygens (including phenoxy) is 4. The Kier molecular flexibility index (Phi) is 7.28. The maximum Gasteiger partial charge on any atom is 0.289 e. The number of methoxy groups -OCH3 is 3. The molecule has 0 aliphatic carbocycles. The molecule has 1 aliphatic heterocycles. The number of hydrogen-bond acceptors (Lipinski definition) is 7. The molecule has 0 saturated carbocycles. The summed E-state index contributed by atoms with van der Waals surface area (Å²) in [6, 6.07) is 17.0. The maximum atomic E-state index is 13.5. The SMILES string of the molecule is COc1cccc(-c2nc3cc(OC)c(OC)cc3cc2CN(CC2CCCO2)C(=O)c2ccco2)c1. The van der Waals surface area contributed by atoms with Gasteiger partial charge in [-0.05, 0) is 54.8 Å². The van der Waals surface area contributed by atoms with Crippen molar-refractivity contribution in [2.75, 3.05) is 34.5 Å². The summed E-state index contributed by atoms with van der Waals surface area (Å²) < 4.78 is 27.8. The Morgan fingerprint density at radius 3 is 2.57 bits per heavy atom. The maximum absolute atomic E-state index is 13.5. The number of furan rings is 1. The number of benzene rings is 2. The Morgan fingerprint density at radius 1 is 1.03 bits per heavy atom. The lowest BCUT2D eigenvalue weighted by Gasteiger charge is -2.26. The molecule has 0 spiro atoms. The van der Waals surface area contributed by atoms with E-state index in [1.54, 1.807) is 38.4 Å². The summed E-state index contributed by atoms with van der Waals surface area (Å²) in [7, 11) is 4.84. The highest BCUT2D eigenvalue weighted by molar-refractivity contribution is 5.92. The summed E-state index contributed by atoms with van der Waals surface area (Å²) in [5.41, 5.74) is 3.27. The normalized spacial score (nSPS) is 15.1. The van der Waals surface area contributed by atoms with Crippen LogP contribution in [0.5, 0.6) is 17.2 Å². The second kappa shape index (κ2) is 10.9. The van der Waals surface area contributed by atoms with Crippen LogP contribution in [0.4, 0.5) is 0 Å². The van der Waals surface area contributed by atoms with E-state index < -0.39 is 0 Å². The van der Waals surface area contributed by atoms with Gasteiger partial charge in [-0.1, -0.05) is 12.1 Å². The molecule has 1 fully saturated rings. The van der Waals surface area contributed by atoms with E-state index in [9.17, 15) is 4.79 Å².